The molecule has 3 aromatic carbocycles. The number of rotatable bonds is 3. The molecule has 2 aliphatic rings. The molecule has 3 aromatic rings. The normalized spacial score (nSPS) is 21.4. The molecule has 0 radical (unpaired) electrons. The van der Waals surface area contributed by atoms with Crippen LogP contribution in [-0.4, -0.2) is 5.60 Å². The first-order valence-electron chi connectivity index (χ1n) is 10.7. The van der Waals surface area contributed by atoms with Crippen molar-refractivity contribution in [2.24, 2.45) is 0 Å². The molecule has 2 atom stereocenters. The number of ether oxygens (including phenoxy) is 1. The van der Waals surface area contributed by atoms with Gasteiger partial charge in [0.05, 0.1) is 0 Å². The van der Waals surface area contributed by atoms with Crippen LogP contribution in [0.5, 0.6) is 5.75 Å². The fourth-order valence-electron chi connectivity index (χ4n) is 5.27. The van der Waals surface area contributed by atoms with E-state index in [2.05, 4.69) is 79.8 Å². The molecule has 28 heavy (non-hydrogen) atoms. The highest BCUT2D eigenvalue weighted by atomic mass is 16.5. The lowest BCUT2D eigenvalue weighted by atomic mass is 9.85. The summed E-state index contributed by atoms with van der Waals surface area (Å²) in [6.45, 7) is 4.45. The highest BCUT2D eigenvalue weighted by Gasteiger charge is 2.43. The van der Waals surface area contributed by atoms with Crippen LogP contribution >= 0.6 is 0 Å². The zero-order chi connectivity index (χ0) is 19.1. The maximum atomic E-state index is 6.61. The Morgan fingerprint density at radius 2 is 1.79 bits per heavy atom. The molecule has 0 amide bonds. The summed E-state index contributed by atoms with van der Waals surface area (Å²) in [6, 6.07) is 22.6. The van der Waals surface area contributed by atoms with Crippen molar-refractivity contribution in [2.75, 3.05) is 0 Å². The summed E-state index contributed by atoms with van der Waals surface area (Å²) in [5, 5.41) is 6.63. The lowest BCUT2D eigenvalue weighted by Gasteiger charge is -2.41. The average molecular weight is 372 g/mol. The molecule has 0 aromatic heterocycles. The van der Waals surface area contributed by atoms with Crippen LogP contribution in [0.2, 0.25) is 0 Å². The van der Waals surface area contributed by atoms with Crippen LogP contribution in [0, 0.1) is 6.92 Å². The van der Waals surface area contributed by atoms with Crippen molar-refractivity contribution in [3.05, 3.63) is 77.4 Å². The van der Waals surface area contributed by atoms with Gasteiger partial charge in [-0.25, -0.2) is 0 Å². The van der Waals surface area contributed by atoms with Crippen molar-refractivity contribution in [3.63, 3.8) is 0 Å². The van der Waals surface area contributed by atoms with E-state index in [1.165, 1.54) is 53.1 Å². The molecule has 1 heterocycles. The summed E-state index contributed by atoms with van der Waals surface area (Å²) in [5.41, 5.74) is 3.99. The van der Waals surface area contributed by atoms with E-state index < -0.39 is 0 Å². The first-order valence-corrected chi connectivity index (χ1v) is 10.7. The molecule has 2 nitrogen and oxygen atoms in total. The van der Waals surface area contributed by atoms with Gasteiger partial charge in [0.25, 0.3) is 0 Å². The minimum absolute atomic E-state index is 0.0247. The minimum Gasteiger partial charge on any atom is -0.487 e. The zero-order valence-corrected chi connectivity index (χ0v) is 16.9. The van der Waals surface area contributed by atoms with Crippen LogP contribution in [0.3, 0.4) is 0 Å². The predicted molar refractivity (Wildman–Crippen MR) is 116 cm³/mol. The molecule has 0 bridgehead atoms. The van der Waals surface area contributed by atoms with Crippen molar-refractivity contribution in [1.82, 2.24) is 5.32 Å². The van der Waals surface area contributed by atoms with Crippen molar-refractivity contribution < 1.29 is 4.74 Å². The molecule has 1 aliphatic heterocycles. The number of benzene rings is 3. The Balaban J connectivity index is 1.49. The Morgan fingerprint density at radius 1 is 1.00 bits per heavy atom. The van der Waals surface area contributed by atoms with Crippen molar-refractivity contribution in [2.45, 2.75) is 63.6 Å². The van der Waals surface area contributed by atoms with Crippen LogP contribution in [0.15, 0.2) is 60.7 Å². The van der Waals surface area contributed by atoms with E-state index in [1.807, 2.05) is 0 Å². The molecule has 1 spiro atoms. The van der Waals surface area contributed by atoms with Crippen molar-refractivity contribution >= 4 is 10.8 Å². The SMILES string of the molecule is Cc1ccc2c(c1)OC1(CCCC1)C[C@@H]2NC(C)c1cccc2ccccc12. The summed E-state index contributed by atoms with van der Waals surface area (Å²) in [6.07, 6.45) is 6.00. The Kier molecular flexibility index (Phi) is 4.40. The Hall–Kier alpha value is -2.32. The van der Waals surface area contributed by atoms with E-state index in [9.17, 15) is 0 Å². The first-order chi connectivity index (χ1) is 13.6. The maximum absolute atomic E-state index is 6.61. The predicted octanol–water partition coefficient (Wildman–Crippen LogP) is 6.64. The fraction of sp³-hybridized carbons (Fsp3) is 0.385. The number of hydrogen-bond donors (Lipinski definition) is 1. The van der Waals surface area contributed by atoms with E-state index in [0.717, 1.165) is 12.2 Å². The average Bonchev–Trinajstić information content (AvgIpc) is 3.14. The van der Waals surface area contributed by atoms with Gasteiger partial charge in [0.1, 0.15) is 11.4 Å². The second kappa shape index (κ2) is 6.93. The summed E-state index contributed by atoms with van der Waals surface area (Å²) < 4.78 is 6.61. The monoisotopic (exact) mass is 371 g/mol. The standard InChI is InChI=1S/C26H29NO/c1-18-12-13-23-24(17-26(14-5-6-15-26)28-25(23)16-18)27-19(2)21-11-7-9-20-8-3-4-10-22(20)21/h3-4,7-13,16,19,24,27H,5-6,14-15,17H2,1-2H3/t19?,24-/m0/s1. The lowest BCUT2D eigenvalue weighted by Crippen LogP contribution is -2.42. The molecular formula is C26H29NO. The van der Waals surface area contributed by atoms with E-state index in [0.29, 0.717) is 6.04 Å². The maximum Gasteiger partial charge on any atom is 0.125 e. The van der Waals surface area contributed by atoms with Gasteiger partial charge in [0, 0.05) is 24.1 Å². The molecule has 1 fully saturated rings. The van der Waals surface area contributed by atoms with Gasteiger partial charge in [0.15, 0.2) is 0 Å². The lowest BCUT2D eigenvalue weighted by molar-refractivity contribution is 0.0351. The summed E-state index contributed by atoms with van der Waals surface area (Å²) in [5.74, 6) is 1.09. The zero-order valence-electron chi connectivity index (χ0n) is 16.9. The first kappa shape index (κ1) is 17.8. The van der Waals surface area contributed by atoms with Crippen LogP contribution in [-0.2, 0) is 0 Å². The van der Waals surface area contributed by atoms with Gasteiger partial charge in [-0.15, -0.1) is 0 Å². The summed E-state index contributed by atoms with van der Waals surface area (Å²) >= 11 is 0. The molecule has 1 aliphatic carbocycles. The second-order valence-corrected chi connectivity index (χ2v) is 8.75. The number of aryl methyl sites for hydroxylation is 1. The largest absolute Gasteiger partial charge is 0.487 e. The molecule has 2 heteroatoms. The van der Waals surface area contributed by atoms with Gasteiger partial charge in [-0.1, -0.05) is 54.6 Å². The number of hydrogen-bond acceptors (Lipinski definition) is 2. The third kappa shape index (κ3) is 3.10. The topological polar surface area (TPSA) is 21.3 Å². The molecule has 5 rings (SSSR count). The van der Waals surface area contributed by atoms with Crippen LogP contribution in [0.1, 0.15) is 67.8 Å². The number of fused-ring (bicyclic) bond motifs is 2. The van der Waals surface area contributed by atoms with Crippen LogP contribution in [0.4, 0.5) is 0 Å². The van der Waals surface area contributed by atoms with E-state index in [-0.39, 0.29) is 11.6 Å². The fourth-order valence-corrected chi connectivity index (χ4v) is 5.27. The van der Waals surface area contributed by atoms with Gasteiger partial charge in [0.2, 0.25) is 0 Å². The molecule has 1 saturated carbocycles. The molecule has 1 unspecified atom stereocenters. The summed E-state index contributed by atoms with van der Waals surface area (Å²) in [7, 11) is 0. The van der Waals surface area contributed by atoms with E-state index in [1.54, 1.807) is 0 Å². The van der Waals surface area contributed by atoms with Crippen molar-refractivity contribution in [3.8, 4) is 5.75 Å². The van der Waals surface area contributed by atoms with Gasteiger partial charge >= 0.3 is 0 Å². The Morgan fingerprint density at radius 3 is 2.64 bits per heavy atom. The third-order valence-electron chi connectivity index (χ3n) is 6.70. The molecule has 1 N–H and O–H groups in total. The van der Waals surface area contributed by atoms with E-state index >= 15 is 0 Å². The van der Waals surface area contributed by atoms with Gasteiger partial charge in [-0.2, -0.15) is 0 Å². The minimum atomic E-state index is 0.0247. The van der Waals surface area contributed by atoms with Gasteiger partial charge in [-0.3, -0.25) is 0 Å². The molecule has 0 saturated heterocycles. The molecule has 144 valence electrons. The van der Waals surface area contributed by atoms with Crippen LogP contribution in [0.25, 0.3) is 10.8 Å². The van der Waals surface area contributed by atoms with Crippen molar-refractivity contribution in [1.29, 1.82) is 0 Å². The quantitative estimate of drug-likeness (QED) is 0.557. The van der Waals surface area contributed by atoms with Crippen LogP contribution < -0.4 is 10.1 Å². The van der Waals surface area contributed by atoms with Gasteiger partial charge in [-0.05, 0) is 67.5 Å². The smallest absolute Gasteiger partial charge is 0.125 e. The van der Waals surface area contributed by atoms with Gasteiger partial charge < -0.3 is 10.1 Å². The Labute approximate surface area is 167 Å². The highest BCUT2D eigenvalue weighted by Crippen LogP contribution is 2.48. The number of nitrogens with one attached hydrogen (secondary N) is 1. The third-order valence-corrected chi connectivity index (χ3v) is 6.70. The van der Waals surface area contributed by atoms with E-state index in [4.69, 9.17) is 4.74 Å². The molecular weight excluding hydrogens is 342 g/mol. The summed E-state index contributed by atoms with van der Waals surface area (Å²) in [4.78, 5) is 0. The second-order valence-electron chi connectivity index (χ2n) is 8.75. The Bertz CT molecular complexity index is 997. The highest BCUT2D eigenvalue weighted by molar-refractivity contribution is 5.86.